The van der Waals surface area contributed by atoms with Crippen LogP contribution >= 0.6 is 0 Å². The minimum Gasteiger partial charge on any atom is -0.462 e. The Balaban J connectivity index is 1.01. The Morgan fingerprint density at radius 2 is 1.41 bits per heavy atom. The Morgan fingerprint density at radius 1 is 0.714 bits per heavy atom. The van der Waals surface area contributed by atoms with E-state index in [-0.39, 0.29) is 68.3 Å². The van der Waals surface area contributed by atoms with E-state index in [1.165, 1.54) is 31.3 Å². The monoisotopic (exact) mass is 775 g/mol. The lowest BCUT2D eigenvalue weighted by atomic mass is 9.32. The van der Waals surface area contributed by atoms with Crippen molar-refractivity contribution in [3.05, 3.63) is 12.2 Å². The van der Waals surface area contributed by atoms with Crippen molar-refractivity contribution in [1.82, 2.24) is 10.2 Å². The number of aliphatic hydroxyl groups excluding tert-OH is 1. The molecule has 1 heterocycles. The van der Waals surface area contributed by atoms with Crippen molar-refractivity contribution in [2.45, 2.75) is 184 Å². The summed E-state index contributed by atoms with van der Waals surface area (Å²) in [7, 11) is 0. The molecule has 6 unspecified atom stereocenters. The molecule has 0 spiro atoms. The van der Waals surface area contributed by atoms with Crippen molar-refractivity contribution in [2.75, 3.05) is 13.1 Å². The first kappa shape index (κ1) is 40.9. The van der Waals surface area contributed by atoms with Gasteiger partial charge >= 0.3 is 5.97 Å². The highest BCUT2D eigenvalue weighted by atomic mass is 16.5. The number of fused-ring (bicyclic) bond motifs is 7. The molecule has 1 aliphatic heterocycles. The average molecular weight is 775 g/mol. The highest BCUT2D eigenvalue weighted by Crippen LogP contribution is 2.77. The second-order valence-corrected chi connectivity index (χ2v) is 23.8. The fourth-order valence-corrected chi connectivity index (χ4v) is 16.5. The highest BCUT2D eigenvalue weighted by molar-refractivity contribution is 5.86. The van der Waals surface area contributed by atoms with Gasteiger partial charge in [0, 0.05) is 35.9 Å². The first-order chi connectivity index (χ1) is 26.1. The number of esters is 1. The zero-order valence-electron chi connectivity index (χ0n) is 37.0. The molecule has 0 radical (unpaired) electrons. The number of carbonyl (C=O) groups is 3. The van der Waals surface area contributed by atoms with E-state index in [0.717, 1.165) is 77.3 Å². The normalized spacial score (nSPS) is 48.4. The lowest BCUT2D eigenvalue weighted by Gasteiger charge is -2.73. The second kappa shape index (κ2) is 13.3. The summed E-state index contributed by atoms with van der Waals surface area (Å²) in [5.74, 6) is 2.43. The van der Waals surface area contributed by atoms with Gasteiger partial charge in [-0.2, -0.15) is 0 Å². The predicted molar refractivity (Wildman–Crippen MR) is 221 cm³/mol. The Kier molecular flexibility index (Phi) is 9.71. The maximum absolute atomic E-state index is 15.0. The maximum atomic E-state index is 15.0. The zero-order chi connectivity index (χ0) is 40.6. The van der Waals surface area contributed by atoms with Crippen LogP contribution in [-0.2, 0) is 19.1 Å². The van der Waals surface area contributed by atoms with Gasteiger partial charge in [-0.3, -0.25) is 14.4 Å². The molecule has 7 aliphatic carbocycles. The van der Waals surface area contributed by atoms with E-state index in [1.54, 1.807) is 0 Å². The molecule has 7 saturated carbocycles. The van der Waals surface area contributed by atoms with Crippen molar-refractivity contribution >= 4 is 17.8 Å². The summed E-state index contributed by atoms with van der Waals surface area (Å²) in [5, 5.41) is 14.0. The number of piperidine rings is 1. The van der Waals surface area contributed by atoms with Crippen LogP contribution in [-0.4, -0.2) is 59.1 Å². The van der Waals surface area contributed by atoms with Crippen LogP contribution in [0.1, 0.15) is 166 Å². The number of allylic oxidation sites excluding steroid dienone is 1. The van der Waals surface area contributed by atoms with Crippen LogP contribution in [0.25, 0.3) is 0 Å². The maximum Gasteiger partial charge on any atom is 0.309 e. The number of likely N-dealkylation sites (tertiary alicyclic amines) is 1. The van der Waals surface area contributed by atoms with Gasteiger partial charge in [0.1, 0.15) is 6.10 Å². The van der Waals surface area contributed by atoms with E-state index in [9.17, 15) is 14.7 Å². The van der Waals surface area contributed by atoms with Crippen LogP contribution in [0.2, 0.25) is 0 Å². The van der Waals surface area contributed by atoms with Gasteiger partial charge in [0.25, 0.3) is 0 Å². The molecule has 314 valence electrons. The summed E-state index contributed by atoms with van der Waals surface area (Å²) in [6, 6.07) is 0.0361. The van der Waals surface area contributed by atoms with Crippen molar-refractivity contribution in [3.63, 3.8) is 0 Å². The number of amides is 2. The van der Waals surface area contributed by atoms with Crippen molar-refractivity contribution < 1.29 is 24.2 Å². The average Bonchev–Trinajstić information content (AvgIpc) is 3.55. The molecule has 2 N–H and O–H groups in total. The SMILES string of the molecule is C=C(C)[C@@H]1CCC2(C(=O)NC3C[C@H](C(=O)N4CCCCC4)C3(C)C)CC[C@]3(C)C(CC[C@@H]4[C@@]5(C)CCC(OC(=O)C6CC(O)C6(C)C)C(C)(C)[C@@H]5CC[C@]43C)[C@@H]12. The van der Waals surface area contributed by atoms with Gasteiger partial charge in [0.15, 0.2) is 0 Å². The Labute approximate surface area is 339 Å². The molecule has 7 nitrogen and oxygen atoms in total. The number of ether oxygens (including phenoxy) is 1. The third-order valence-corrected chi connectivity index (χ3v) is 20.8. The summed E-state index contributed by atoms with van der Waals surface area (Å²) < 4.78 is 6.45. The fraction of sp³-hybridized carbons (Fsp3) is 0.898. The molecular formula is C49H78N2O5. The van der Waals surface area contributed by atoms with Gasteiger partial charge in [0.2, 0.25) is 11.8 Å². The van der Waals surface area contributed by atoms with E-state index in [2.05, 4.69) is 72.2 Å². The zero-order valence-corrected chi connectivity index (χ0v) is 37.0. The van der Waals surface area contributed by atoms with Crippen molar-refractivity contribution in [2.24, 2.45) is 79.3 Å². The third kappa shape index (κ3) is 5.51. The number of rotatable bonds is 6. The smallest absolute Gasteiger partial charge is 0.309 e. The summed E-state index contributed by atoms with van der Waals surface area (Å²) in [4.78, 5) is 44.3. The standard InChI is InChI=1S/C49H78N2O5/c1-29(2)30-17-22-49(42(55)50-36-27-32(43(36,3)4)40(53)51-25-13-12-14-26-51)24-23-47(10)31(39(30)49)15-16-35-46(9)20-19-38(45(7,8)34(46)18-21-48(35,47)11)56-41(54)33-28-37(52)44(33,5)6/h30-39,52H,1,12-28H2,2-11H3,(H,50,55)/t30-,31?,32+,33?,34-,35+,36?,37?,38?,39+,46-,47+,48+,49?/m0/s1. The molecule has 0 aromatic rings. The number of carbonyl (C=O) groups excluding carboxylic acids is 3. The summed E-state index contributed by atoms with van der Waals surface area (Å²) in [6.45, 7) is 29.6. The van der Waals surface area contributed by atoms with Crippen molar-refractivity contribution in [1.29, 1.82) is 0 Å². The first-order valence-corrected chi connectivity index (χ1v) is 23.2. The quantitative estimate of drug-likeness (QED) is 0.207. The first-order valence-electron chi connectivity index (χ1n) is 23.2. The van der Waals surface area contributed by atoms with Gasteiger partial charge in [0.05, 0.1) is 17.4 Å². The Morgan fingerprint density at radius 3 is 2.04 bits per heavy atom. The van der Waals surface area contributed by atoms with E-state index in [4.69, 9.17) is 4.74 Å². The predicted octanol–water partition coefficient (Wildman–Crippen LogP) is 9.51. The molecule has 56 heavy (non-hydrogen) atoms. The lowest BCUT2D eigenvalue weighted by Crippen LogP contribution is -2.68. The number of nitrogens with one attached hydrogen (secondary N) is 1. The van der Waals surface area contributed by atoms with E-state index < -0.39 is 11.5 Å². The van der Waals surface area contributed by atoms with E-state index in [1.807, 2.05) is 13.8 Å². The molecule has 0 aromatic carbocycles. The van der Waals surface area contributed by atoms with Gasteiger partial charge < -0.3 is 20.1 Å². The summed E-state index contributed by atoms with van der Waals surface area (Å²) in [5.41, 5.74) is 0.540. The van der Waals surface area contributed by atoms with Crippen LogP contribution in [0.15, 0.2) is 12.2 Å². The Hall–Kier alpha value is -1.89. The molecule has 7 heteroatoms. The molecule has 2 amide bonds. The highest BCUT2D eigenvalue weighted by Gasteiger charge is 2.72. The number of hydrogen-bond acceptors (Lipinski definition) is 5. The second-order valence-electron chi connectivity index (χ2n) is 23.8. The van der Waals surface area contributed by atoms with E-state index in [0.29, 0.717) is 41.9 Å². The van der Waals surface area contributed by atoms with Crippen LogP contribution < -0.4 is 5.32 Å². The van der Waals surface area contributed by atoms with E-state index >= 15 is 4.79 Å². The van der Waals surface area contributed by atoms with Crippen LogP contribution in [0, 0.1) is 79.3 Å². The fourth-order valence-electron chi connectivity index (χ4n) is 16.5. The lowest BCUT2D eigenvalue weighted by molar-refractivity contribution is -0.251. The van der Waals surface area contributed by atoms with Gasteiger partial charge in [-0.15, -0.1) is 0 Å². The largest absolute Gasteiger partial charge is 0.462 e. The minimum atomic E-state index is -0.437. The molecule has 8 aliphatic rings. The van der Waals surface area contributed by atoms with Crippen molar-refractivity contribution in [3.8, 4) is 0 Å². The molecule has 0 bridgehead atoms. The minimum absolute atomic E-state index is 0.0108. The third-order valence-electron chi connectivity index (χ3n) is 20.8. The molecular weight excluding hydrogens is 697 g/mol. The number of aliphatic hydroxyl groups is 1. The van der Waals surface area contributed by atoms with Crippen LogP contribution in [0.5, 0.6) is 0 Å². The number of hydrogen-bond donors (Lipinski definition) is 2. The molecule has 8 fully saturated rings. The van der Waals surface area contributed by atoms with Crippen LogP contribution in [0.3, 0.4) is 0 Å². The van der Waals surface area contributed by atoms with Gasteiger partial charge in [-0.05, 0) is 154 Å². The molecule has 8 rings (SSSR count). The topological polar surface area (TPSA) is 95.9 Å². The van der Waals surface area contributed by atoms with Gasteiger partial charge in [-0.1, -0.05) is 74.5 Å². The summed E-state index contributed by atoms with van der Waals surface area (Å²) >= 11 is 0. The molecule has 1 saturated heterocycles. The molecule has 0 aromatic heterocycles. The van der Waals surface area contributed by atoms with Crippen LogP contribution in [0.4, 0.5) is 0 Å². The number of nitrogens with zero attached hydrogens (tertiary/aromatic N) is 1. The molecule has 14 atom stereocenters. The Bertz CT molecular complexity index is 1630. The summed E-state index contributed by atoms with van der Waals surface area (Å²) in [6.07, 6.45) is 14.9. The van der Waals surface area contributed by atoms with Gasteiger partial charge in [-0.25, -0.2) is 0 Å².